The molecule has 2 rings (SSSR count). The Bertz CT molecular complexity index is 657. The maximum absolute atomic E-state index is 12.4. The van der Waals surface area contributed by atoms with Gasteiger partial charge in [0.25, 0.3) is 5.91 Å². The molecule has 1 amide bonds. The lowest BCUT2D eigenvalue weighted by Crippen LogP contribution is -2.29. The summed E-state index contributed by atoms with van der Waals surface area (Å²) in [6.07, 6.45) is 2.59. The highest BCUT2D eigenvalue weighted by atomic mass is 35.5. The van der Waals surface area contributed by atoms with Gasteiger partial charge in [0.15, 0.2) is 6.61 Å². The van der Waals surface area contributed by atoms with Crippen LogP contribution in [0.25, 0.3) is 0 Å². The third-order valence-corrected chi connectivity index (χ3v) is 5.73. The van der Waals surface area contributed by atoms with Gasteiger partial charge in [-0.3, -0.25) is 4.79 Å². The molecule has 1 aromatic rings. The fourth-order valence-electron chi connectivity index (χ4n) is 2.30. The Hall–Kier alpha value is -1.31. The summed E-state index contributed by atoms with van der Waals surface area (Å²) in [5, 5.41) is 2.86. The van der Waals surface area contributed by atoms with E-state index in [0.29, 0.717) is 25.4 Å². The van der Waals surface area contributed by atoms with Crippen molar-refractivity contribution in [2.45, 2.75) is 31.1 Å². The molecule has 0 aliphatic carbocycles. The third-order valence-electron chi connectivity index (χ3n) is 3.54. The molecule has 0 aromatic heterocycles. The molecule has 128 valence electrons. The Labute approximate surface area is 141 Å². The van der Waals surface area contributed by atoms with Crippen LogP contribution in [0.1, 0.15) is 26.2 Å². The standard InChI is InChI=1S/C15H21ClN2O4S/c1-2-7-17-15(19)11-22-14-6-5-12(10-13(14)16)23(20,21)18-8-3-4-9-18/h5-6,10H,2-4,7-9,11H2,1H3,(H,17,19). The van der Waals surface area contributed by atoms with Gasteiger partial charge in [-0.25, -0.2) is 8.42 Å². The summed E-state index contributed by atoms with van der Waals surface area (Å²) in [7, 11) is -3.51. The zero-order chi connectivity index (χ0) is 16.9. The number of nitrogens with one attached hydrogen (secondary N) is 1. The average molecular weight is 361 g/mol. The first-order valence-electron chi connectivity index (χ1n) is 7.64. The van der Waals surface area contributed by atoms with Crippen LogP contribution >= 0.6 is 11.6 Å². The lowest BCUT2D eigenvalue weighted by Gasteiger charge is -2.16. The number of halogens is 1. The Morgan fingerprint density at radius 1 is 1.35 bits per heavy atom. The fourth-order valence-corrected chi connectivity index (χ4v) is 4.14. The molecular weight excluding hydrogens is 340 g/mol. The maximum atomic E-state index is 12.4. The zero-order valence-electron chi connectivity index (χ0n) is 13.0. The van der Waals surface area contributed by atoms with Crippen LogP contribution in [-0.4, -0.2) is 44.9 Å². The highest BCUT2D eigenvalue weighted by Crippen LogP contribution is 2.29. The number of ether oxygens (including phenoxy) is 1. The van der Waals surface area contributed by atoms with Gasteiger partial charge in [0.05, 0.1) is 9.92 Å². The van der Waals surface area contributed by atoms with Crippen LogP contribution in [0.15, 0.2) is 23.1 Å². The second-order valence-corrected chi connectivity index (χ2v) is 7.69. The van der Waals surface area contributed by atoms with E-state index in [9.17, 15) is 13.2 Å². The number of carbonyl (C=O) groups is 1. The number of nitrogens with zero attached hydrogens (tertiary/aromatic N) is 1. The van der Waals surface area contributed by atoms with Gasteiger partial charge in [0, 0.05) is 19.6 Å². The number of amides is 1. The van der Waals surface area contributed by atoms with Crippen molar-refractivity contribution in [3.63, 3.8) is 0 Å². The van der Waals surface area contributed by atoms with Gasteiger partial charge >= 0.3 is 0 Å². The summed E-state index contributed by atoms with van der Waals surface area (Å²) in [6, 6.07) is 4.31. The van der Waals surface area contributed by atoms with Crippen molar-refractivity contribution in [1.82, 2.24) is 9.62 Å². The predicted molar refractivity (Wildman–Crippen MR) is 88.2 cm³/mol. The van der Waals surface area contributed by atoms with Crippen LogP contribution in [0.2, 0.25) is 5.02 Å². The van der Waals surface area contributed by atoms with Crippen molar-refractivity contribution >= 4 is 27.5 Å². The minimum atomic E-state index is -3.51. The molecule has 0 unspecified atom stereocenters. The van der Waals surface area contributed by atoms with E-state index < -0.39 is 10.0 Å². The van der Waals surface area contributed by atoms with Gasteiger partial charge in [0.1, 0.15) is 5.75 Å². The van der Waals surface area contributed by atoms with E-state index in [1.807, 2.05) is 6.92 Å². The van der Waals surface area contributed by atoms with Gasteiger partial charge in [-0.1, -0.05) is 18.5 Å². The summed E-state index contributed by atoms with van der Waals surface area (Å²) >= 11 is 6.09. The van der Waals surface area contributed by atoms with Gasteiger partial charge < -0.3 is 10.1 Å². The molecule has 1 saturated heterocycles. The fraction of sp³-hybridized carbons (Fsp3) is 0.533. The molecule has 1 heterocycles. The van der Waals surface area contributed by atoms with Gasteiger partial charge in [-0.15, -0.1) is 0 Å². The number of carbonyl (C=O) groups excluding carboxylic acids is 1. The number of sulfonamides is 1. The molecule has 0 atom stereocenters. The quantitative estimate of drug-likeness (QED) is 0.807. The summed E-state index contributed by atoms with van der Waals surface area (Å²) < 4.78 is 31.7. The average Bonchev–Trinajstić information content (AvgIpc) is 3.06. The molecule has 0 spiro atoms. The molecular formula is C15H21ClN2O4S. The van der Waals surface area contributed by atoms with Crippen LogP contribution < -0.4 is 10.1 Å². The Morgan fingerprint density at radius 2 is 2.04 bits per heavy atom. The van der Waals surface area contributed by atoms with Crippen LogP contribution in [0.4, 0.5) is 0 Å². The molecule has 6 nitrogen and oxygen atoms in total. The van der Waals surface area contributed by atoms with Gasteiger partial charge in [-0.05, 0) is 37.5 Å². The van der Waals surface area contributed by atoms with Crippen LogP contribution in [0.5, 0.6) is 5.75 Å². The molecule has 23 heavy (non-hydrogen) atoms. The van der Waals surface area contributed by atoms with Crippen LogP contribution in [0, 0.1) is 0 Å². The van der Waals surface area contributed by atoms with E-state index in [1.54, 1.807) is 0 Å². The van der Waals surface area contributed by atoms with E-state index in [-0.39, 0.29) is 22.4 Å². The minimum Gasteiger partial charge on any atom is -0.482 e. The predicted octanol–water partition coefficient (Wildman–Crippen LogP) is 2.03. The second kappa shape index (κ2) is 7.99. The van der Waals surface area contributed by atoms with E-state index in [1.165, 1.54) is 22.5 Å². The summed E-state index contributed by atoms with van der Waals surface area (Å²) in [5.74, 6) is 0.0513. The maximum Gasteiger partial charge on any atom is 0.257 e. The van der Waals surface area contributed by atoms with E-state index in [2.05, 4.69) is 5.32 Å². The van der Waals surface area contributed by atoms with Crippen LogP contribution in [0.3, 0.4) is 0 Å². The molecule has 0 radical (unpaired) electrons. The molecule has 1 aromatic carbocycles. The lowest BCUT2D eigenvalue weighted by molar-refractivity contribution is -0.123. The van der Waals surface area contributed by atoms with Crippen molar-refractivity contribution in [3.8, 4) is 5.75 Å². The first-order valence-corrected chi connectivity index (χ1v) is 9.46. The number of hydrogen-bond acceptors (Lipinski definition) is 4. The summed E-state index contributed by atoms with van der Waals surface area (Å²) in [5.41, 5.74) is 0. The first kappa shape index (κ1) is 18.0. The second-order valence-electron chi connectivity index (χ2n) is 5.34. The molecule has 1 aliphatic rings. The first-order chi connectivity index (χ1) is 10.9. The molecule has 1 fully saturated rings. The largest absolute Gasteiger partial charge is 0.482 e. The number of hydrogen-bond donors (Lipinski definition) is 1. The van der Waals surface area contributed by atoms with Gasteiger partial charge in [0.2, 0.25) is 10.0 Å². The monoisotopic (exact) mass is 360 g/mol. The highest BCUT2D eigenvalue weighted by molar-refractivity contribution is 7.89. The van der Waals surface area contributed by atoms with Crippen molar-refractivity contribution in [2.75, 3.05) is 26.2 Å². The number of benzene rings is 1. The Kier molecular flexibility index (Phi) is 6.26. The zero-order valence-corrected chi connectivity index (χ0v) is 14.6. The molecule has 0 bridgehead atoms. The highest BCUT2D eigenvalue weighted by Gasteiger charge is 2.27. The third kappa shape index (κ3) is 4.59. The molecule has 8 heteroatoms. The number of rotatable bonds is 7. The topological polar surface area (TPSA) is 75.7 Å². The van der Waals surface area contributed by atoms with E-state index in [4.69, 9.17) is 16.3 Å². The minimum absolute atomic E-state index is 0.146. The van der Waals surface area contributed by atoms with Crippen molar-refractivity contribution < 1.29 is 17.9 Å². The van der Waals surface area contributed by atoms with Crippen molar-refractivity contribution in [2.24, 2.45) is 0 Å². The smallest absolute Gasteiger partial charge is 0.257 e. The SMILES string of the molecule is CCCNC(=O)COc1ccc(S(=O)(=O)N2CCCC2)cc1Cl. The van der Waals surface area contributed by atoms with Gasteiger partial charge in [-0.2, -0.15) is 4.31 Å². The Balaban J connectivity index is 2.04. The normalized spacial score (nSPS) is 15.6. The Morgan fingerprint density at radius 3 is 2.65 bits per heavy atom. The molecule has 1 aliphatic heterocycles. The summed E-state index contributed by atoms with van der Waals surface area (Å²) in [6.45, 7) is 3.46. The lowest BCUT2D eigenvalue weighted by atomic mass is 10.3. The molecule has 0 saturated carbocycles. The van der Waals surface area contributed by atoms with E-state index in [0.717, 1.165) is 19.3 Å². The summed E-state index contributed by atoms with van der Waals surface area (Å²) in [4.78, 5) is 11.7. The van der Waals surface area contributed by atoms with Crippen molar-refractivity contribution in [1.29, 1.82) is 0 Å². The van der Waals surface area contributed by atoms with Crippen molar-refractivity contribution in [3.05, 3.63) is 23.2 Å². The molecule has 1 N–H and O–H groups in total. The van der Waals surface area contributed by atoms with Crippen LogP contribution in [-0.2, 0) is 14.8 Å². The van der Waals surface area contributed by atoms with E-state index >= 15 is 0 Å².